The van der Waals surface area contributed by atoms with Gasteiger partial charge >= 0.3 is 0 Å². The van der Waals surface area contributed by atoms with Gasteiger partial charge in [-0.3, -0.25) is 0 Å². The van der Waals surface area contributed by atoms with Gasteiger partial charge in [0.2, 0.25) is 0 Å². The van der Waals surface area contributed by atoms with Crippen molar-refractivity contribution in [3.05, 3.63) is 0 Å². The molecule has 0 N–H and O–H groups in total. The fraction of sp³-hybridized carbons (Fsp3) is 1.00. The number of fused-ring (bicyclic) bond motifs is 1. The van der Waals surface area contributed by atoms with Crippen LogP contribution in [0.2, 0.25) is 0 Å². The first-order valence-electron chi connectivity index (χ1n) is 4.22. The number of hydrogen-bond acceptors (Lipinski definition) is 0. The summed E-state index contributed by atoms with van der Waals surface area (Å²) in [4.78, 5) is 0. The lowest BCUT2D eigenvalue weighted by Crippen LogP contribution is -2.36. The summed E-state index contributed by atoms with van der Waals surface area (Å²) in [5.74, 6) is 5.37. The van der Waals surface area contributed by atoms with Gasteiger partial charge in [-0.2, -0.15) is 0 Å². The molecule has 0 heterocycles. The van der Waals surface area contributed by atoms with Crippen LogP contribution < -0.4 is 0 Å². The summed E-state index contributed by atoms with van der Waals surface area (Å²) in [6.45, 7) is 7.28. The average molecular weight is 124 g/mol. The lowest BCUT2D eigenvalue weighted by molar-refractivity contribution is 0.0684. The molecule has 0 radical (unpaired) electrons. The van der Waals surface area contributed by atoms with Crippen molar-refractivity contribution in [3.63, 3.8) is 0 Å². The van der Waals surface area contributed by atoms with Crippen molar-refractivity contribution in [1.29, 1.82) is 0 Å². The van der Waals surface area contributed by atoms with E-state index < -0.39 is 0 Å². The van der Waals surface area contributed by atoms with E-state index in [0.29, 0.717) is 0 Å². The number of rotatable bonds is 0. The Labute approximate surface area is 57.6 Å². The van der Waals surface area contributed by atoms with Crippen molar-refractivity contribution in [2.45, 2.75) is 27.2 Å². The Morgan fingerprint density at radius 1 is 1.00 bits per heavy atom. The van der Waals surface area contributed by atoms with Crippen molar-refractivity contribution in [1.82, 2.24) is 0 Å². The third kappa shape index (κ3) is 0.500. The van der Waals surface area contributed by atoms with Gasteiger partial charge in [-0.25, -0.2) is 0 Å². The zero-order chi connectivity index (χ0) is 6.59. The fourth-order valence-electron chi connectivity index (χ4n) is 3.44. The zero-order valence-corrected chi connectivity index (χ0v) is 6.59. The van der Waals surface area contributed by atoms with E-state index in [2.05, 4.69) is 20.8 Å². The molecule has 0 aromatic rings. The lowest BCUT2D eigenvalue weighted by Gasteiger charge is -2.41. The molecule has 0 aliphatic heterocycles. The predicted octanol–water partition coefficient (Wildman–Crippen LogP) is 2.54. The molecule has 5 atom stereocenters. The molecule has 3 aliphatic rings. The van der Waals surface area contributed by atoms with Gasteiger partial charge in [0.1, 0.15) is 0 Å². The van der Waals surface area contributed by atoms with Gasteiger partial charge in [0, 0.05) is 0 Å². The van der Waals surface area contributed by atoms with Gasteiger partial charge in [-0.1, -0.05) is 20.8 Å². The van der Waals surface area contributed by atoms with Crippen LogP contribution in [0.1, 0.15) is 27.2 Å². The van der Waals surface area contributed by atoms with Gasteiger partial charge in [-0.05, 0) is 36.0 Å². The third-order valence-corrected chi connectivity index (χ3v) is 3.87. The molecule has 0 aromatic heterocycles. The second-order valence-corrected chi connectivity index (χ2v) is 4.17. The quantitative estimate of drug-likeness (QED) is 0.465. The Bertz CT molecular complexity index is 112. The highest BCUT2D eigenvalue weighted by Crippen LogP contribution is 2.60. The summed E-state index contributed by atoms with van der Waals surface area (Å²) in [5.41, 5.74) is 0. The van der Waals surface area contributed by atoms with Crippen molar-refractivity contribution in [2.24, 2.45) is 29.6 Å². The molecule has 9 heavy (non-hydrogen) atoms. The highest BCUT2D eigenvalue weighted by Gasteiger charge is 2.53. The standard InChI is InChI=1S/C9H16/c1-5-4-8-6(2)9(5)7(8)3/h5-9H,4H2,1-3H3/t5-,6-,7+,8?,9?/m1/s1. The lowest BCUT2D eigenvalue weighted by atomic mass is 9.64. The topological polar surface area (TPSA) is 0 Å². The van der Waals surface area contributed by atoms with E-state index >= 15 is 0 Å². The Balaban J connectivity index is 2.16. The Morgan fingerprint density at radius 3 is 1.67 bits per heavy atom. The molecule has 0 spiro atoms. The summed E-state index contributed by atoms with van der Waals surface area (Å²) in [6.07, 6.45) is 1.52. The van der Waals surface area contributed by atoms with E-state index in [1.54, 1.807) is 0 Å². The Kier molecular flexibility index (Phi) is 0.980. The molecular formula is C9H16. The van der Waals surface area contributed by atoms with Crippen LogP contribution >= 0.6 is 0 Å². The van der Waals surface area contributed by atoms with Gasteiger partial charge in [0.25, 0.3) is 0 Å². The van der Waals surface area contributed by atoms with Crippen LogP contribution in [0.25, 0.3) is 0 Å². The van der Waals surface area contributed by atoms with Gasteiger partial charge in [-0.15, -0.1) is 0 Å². The van der Waals surface area contributed by atoms with Gasteiger partial charge in [0.15, 0.2) is 0 Å². The van der Waals surface area contributed by atoms with Crippen LogP contribution in [-0.2, 0) is 0 Å². The Hall–Kier alpha value is 0. The molecule has 0 heteroatoms. The van der Waals surface area contributed by atoms with Crippen LogP contribution in [0, 0.1) is 29.6 Å². The maximum absolute atomic E-state index is 2.43. The molecule has 0 aromatic carbocycles. The molecule has 3 rings (SSSR count). The van der Waals surface area contributed by atoms with Crippen LogP contribution in [-0.4, -0.2) is 0 Å². The maximum Gasteiger partial charge on any atom is -0.0331 e. The number of hydrogen-bond donors (Lipinski definition) is 0. The van der Waals surface area contributed by atoms with E-state index in [1.165, 1.54) is 6.42 Å². The zero-order valence-electron chi connectivity index (χ0n) is 6.59. The molecule has 3 saturated carbocycles. The SMILES string of the molecule is C[C@@H]1C2C[C@@H](C)C1[C@H]2C. The summed E-state index contributed by atoms with van der Waals surface area (Å²) < 4.78 is 0. The minimum absolute atomic E-state index is 1.04. The maximum atomic E-state index is 2.43. The molecule has 0 saturated heterocycles. The summed E-state index contributed by atoms with van der Waals surface area (Å²) in [7, 11) is 0. The van der Waals surface area contributed by atoms with E-state index in [-0.39, 0.29) is 0 Å². The second kappa shape index (κ2) is 1.53. The third-order valence-electron chi connectivity index (χ3n) is 3.87. The van der Waals surface area contributed by atoms with E-state index in [4.69, 9.17) is 0 Å². The van der Waals surface area contributed by atoms with Crippen molar-refractivity contribution < 1.29 is 0 Å². The minimum atomic E-state index is 1.04. The molecular weight excluding hydrogens is 108 g/mol. The highest BCUT2D eigenvalue weighted by molar-refractivity contribution is 5.02. The largest absolute Gasteiger partial charge is 0.0622 e. The average Bonchev–Trinajstić information content (AvgIpc) is 2.23. The van der Waals surface area contributed by atoms with E-state index in [9.17, 15) is 0 Å². The van der Waals surface area contributed by atoms with Crippen LogP contribution in [0.4, 0.5) is 0 Å². The monoisotopic (exact) mass is 124 g/mol. The summed E-state index contributed by atoms with van der Waals surface area (Å²) in [6, 6.07) is 0. The molecule has 2 bridgehead atoms. The van der Waals surface area contributed by atoms with Crippen molar-refractivity contribution in [3.8, 4) is 0 Å². The molecule has 2 unspecified atom stereocenters. The highest BCUT2D eigenvalue weighted by atomic mass is 14.6. The normalized spacial score (nSPS) is 63.7. The summed E-state index contributed by atoms with van der Waals surface area (Å²) in [5, 5.41) is 0. The van der Waals surface area contributed by atoms with Gasteiger partial charge in [0.05, 0.1) is 0 Å². The molecule has 3 aliphatic carbocycles. The van der Waals surface area contributed by atoms with Crippen LogP contribution in [0.3, 0.4) is 0 Å². The van der Waals surface area contributed by atoms with Crippen molar-refractivity contribution in [2.75, 3.05) is 0 Å². The smallest absolute Gasteiger partial charge is 0.0331 e. The summed E-state index contributed by atoms with van der Waals surface area (Å²) >= 11 is 0. The van der Waals surface area contributed by atoms with Crippen LogP contribution in [0.15, 0.2) is 0 Å². The fourth-order valence-corrected chi connectivity index (χ4v) is 3.44. The van der Waals surface area contributed by atoms with E-state index in [0.717, 1.165) is 29.6 Å². The predicted molar refractivity (Wildman–Crippen MR) is 39.1 cm³/mol. The first-order chi connectivity index (χ1) is 4.22. The molecule has 52 valence electrons. The van der Waals surface area contributed by atoms with E-state index in [1.807, 2.05) is 0 Å². The first kappa shape index (κ1) is 5.76. The first-order valence-corrected chi connectivity index (χ1v) is 4.22. The molecule has 0 nitrogen and oxygen atoms in total. The Morgan fingerprint density at radius 2 is 1.56 bits per heavy atom. The van der Waals surface area contributed by atoms with Crippen LogP contribution in [0.5, 0.6) is 0 Å². The molecule has 0 amide bonds. The second-order valence-electron chi connectivity index (χ2n) is 4.17. The van der Waals surface area contributed by atoms with Crippen molar-refractivity contribution >= 4 is 0 Å². The molecule has 3 fully saturated rings. The minimum Gasteiger partial charge on any atom is -0.0622 e. The van der Waals surface area contributed by atoms with Gasteiger partial charge < -0.3 is 0 Å².